The molecule has 112 valence electrons. The SMILES string of the molecule is CCOCCN(CCOCC)C(N)=Nc1ccccc1. The number of para-hydroxylation sites is 1. The third kappa shape index (κ3) is 6.54. The summed E-state index contributed by atoms with van der Waals surface area (Å²) < 4.78 is 10.8. The van der Waals surface area contributed by atoms with E-state index >= 15 is 0 Å². The van der Waals surface area contributed by atoms with Crippen molar-refractivity contribution in [2.24, 2.45) is 10.7 Å². The van der Waals surface area contributed by atoms with Gasteiger partial charge in [0.25, 0.3) is 0 Å². The summed E-state index contributed by atoms with van der Waals surface area (Å²) >= 11 is 0. The van der Waals surface area contributed by atoms with E-state index in [0.717, 1.165) is 5.69 Å². The molecule has 20 heavy (non-hydrogen) atoms. The molecule has 0 saturated heterocycles. The Morgan fingerprint density at radius 2 is 1.60 bits per heavy atom. The topological polar surface area (TPSA) is 60.1 Å². The van der Waals surface area contributed by atoms with Crippen LogP contribution in [0.4, 0.5) is 5.69 Å². The molecule has 0 aliphatic heterocycles. The lowest BCUT2D eigenvalue weighted by molar-refractivity contribution is 0.107. The predicted octanol–water partition coefficient (Wildman–Crippen LogP) is 2.01. The summed E-state index contributed by atoms with van der Waals surface area (Å²) in [6.07, 6.45) is 0. The molecule has 1 rings (SSSR count). The highest BCUT2D eigenvalue weighted by atomic mass is 16.5. The van der Waals surface area contributed by atoms with E-state index in [1.54, 1.807) is 0 Å². The number of ether oxygens (including phenoxy) is 2. The van der Waals surface area contributed by atoms with Crippen LogP contribution in [-0.2, 0) is 9.47 Å². The minimum atomic E-state index is 0.496. The van der Waals surface area contributed by atoms with Crippen molar-refractivity contribution in [1.29, 1.82) is 0 Å². The van der Waals surface area contributed by atoms with Crippen molar-refractivity contribution < 1.29 is 9.47 Å². The van der Waals surface area contributed by atoms with Crippen LogP contribution in [0, 0.1) is 0 Å². The second-order valence-corrected chi connectivity index (χ2v) is 4.19. The molecule has 0 spiro atoms. The van der Waals surface area contributed by atoms with Crippen molar-refractivity contribution in [2.75, 3.05) is 39.5 Å². The maximum Gasteiger partial charge on any atom is 0.196 e. The lowest BCUT2D eigenvalue weighted by Gasteiger charge is -2.23. The lowest BCUT2D eigenvalue weighted by Crippen LogP contribution is -2.41. The number of rotatable bonds is 9. The molecule has 0 unspecified atom stereocenters. The summed E-state index contributed by atoms with van der Waals surface area (Å²) in [6.45, 7) is 8.05. The number of nitrogens with zero attached hydrogens (tertiary/aromatic N) is 2. The molecule has 0 atom stereocenters. The van der Waals surface area contributed by atoms with Gasteiger partial charge in [-0.05, 0) is 26.0 Å². The first-order valence-corrected chi connectivity index (χ1v) is 7.07. The third-order valence-electron chi connectivity index (χ3n) is 2.74. The van der Waals surface area contributed by atoms with Crippen molar-refractivity contribution in [3.8, 4) is 0 Å². The van der Waals surface area contributed by atoms with Crippen LogP contribution in [-0.4, -0.2) is 50.4 Å². The first-order valence-electron chi connectivity index (χ1n) is 7.07. The molecule has 0 bridgehead atoms. The fourth-order valence-electron chi connectivity index (χ4n) is 1.68. The Kier molecular flexibility index (Phi) is 8.42. The van der Waals surface area contributed by atoms with E-state index in [1.165, 1.54) is 0 Å². The van der Waals surface area contributed by atoms with Gasteiger partial charge in [0.1, 0.15) is 0 Å². The van der Waals surface area contributed by atoms with Crippen LogP contribution in [0.15, 0.2) is 35.3 Å². The van der Waals surface area contributed by atoms with Crippen LogP contribution in [0.25, 0.3) is 0 Å². The number of aliphatic imine (C=N–C) groups is 1. The van der Waals surface area contributed by atoms with Gasteiger partial charge in [0, 0.05) is 26.3 Å². The molecule has 0 aliphatic carbocycles. The van der Waals surface area contributed by atoms with Crippen LogP contribution >= 0.6 is 0 Å². The normalized spacial score (nSPS) is 11.6. The van der Waals surface area contributed by atoms with E-state index in [0.29, 0.717) is 45.5 Å². The monoisotopic (exact) mass is 279 g/mol. The highest BCUT2D eigenvalue weighted by Gasteiger charge is 2.08. The number of hydrogen-bond donors (Lipinski definition) is 1. The molecule has 0 heterocycles. The fraction of sp³-hybridized carbons (Fsp3) is 0.533. The Hall–Kier alpha value is -1.59. The average Bonchev–Trinajstić information content (AvgIpc) is 2.47. The van der Waals surface area contributed by atoms with E-state index < -0.39 is 0 Å². The van der Waals surface area contributed by atoms with Gasteiger partial charge in [0.15, 0.2) is 5.96 Å². The minimum Gasteiger partial charge on any atom is -0.380 e. The Morgan fingerprint density at radius 3 is 2.10 bits per heavy atom. The molecule has 0 radical (unpaired) electrons. The lowest BCUT2D eigenvalue weighted by atomic mass is 10.3. The highest BCUT2D eigenvalue weighted by Crippen LogP contribution is 2.10. The van der Waals surface area contributed by atoms with Gasteiger partial charge in [-0.3, -0.25) is 0 Å². The van der Waals surface area contributed by atoms with Crippen molar-refractivity contribution >= 4 is 11.6 Å². The zero-order valence-corrected chi connectivity index (χ0v) is 12.4. The summed E-state index contributed by atoms with van der Waals surface area (Å²) in [5.41, 5.74) is 6.93. The van der Waals surface area contributed by atoms with Gasteiger partial charge < -0.3 is 20.1 Å². The van der Waals surface area contributed by atoms with Gasteiger partial charge in [-0.1, -0.05) is 18.2 Å². The maximum absolute atomic E-state index is 6.08. The van der Waals surface area contributed by atoms with Crippen molar-refractivity contribution in [3.63, 3.8) is 0 Å². The van der Waals surface area contributed by atoms with Crippen LogP contribution in [0.2, 0.25) is 0 Å². The molecule has 5 nitrogen and oxygen atoms in total. The fourth-order valence-corrected chi connectivity index (χ4v) is 1.68. The molecular formula is C15H25N3O2. The van der Waals surface area contributed by atoms with Crippen molar-refractivity contribution in [1.82, 2.24) is 4.90 Å². The number of benzene rings is 1. The van der Waals surface area contributed by atoms with Crippen LogP contribution in [0.3, 0.4) is 0 Å². The molecule has 2 N–H and O–H groups in total. The van der Waals surface area contributed by atoms with E-state index in [9.17, 15) is 0 Å². The predicted molar refractivity (Wildman–Crippen MR) is 82.3 cm³/mol. The molecule has 0 fully saturated rings. The zero-order chi connectivity index (χ0) is 14.6. The Balaban J connectivity index is 2.61. The standard InChI is InChI=1S/C15H25N3O2/c1-3-19-12-10-18(11-13-20-4-2)15(16)17-14-8-6-5-7-9-14/h5-9H,3-4,10-13H2,1-2H3,(H2,16,17). The van der Waals surface area contributed by atoms with Crippen LogP contribution in [0.5, 0.6) is 0 Å². The van der Waals surface area contributed by atoms with Crippen LogP contribution < -0.4 is 5.73 Å². The van der Waals surface area contributed by atoms with Gasteiger partial charge in [-0.15, -0.1) is 0 Å². The molecule has 0 aliphatic rings. The number of guanidine groups is 1. The van der Waals surface area contributed by atoms with E-state index in [2.05, 4.69) is 4.99 Å². The second-order valence-electron chi connectivity index (χ2n) is 4.19. The Labute approximate surface area is 121 Å². The van der Waals surface area contributed by atoms with Crippen molar-refractivity contribution in [2.45, 2.75) is 13.8 Å². The van der Waals surface area contributed by atoms with Gasteiger partial charge >= 0.3 is 0 Å². The largest absolute Gasteiger partial charge is 0.380 e. The first-order chi connectivity index (χ1) is 9.77. The van der Waals surface area contributed by atoms with Gasteiger partial charge in [0.2, 0.25) is 0 Å². The summed E-state index contributed by atoms with van der Waals surface area (Å²) in [7, 11) is 0. The number of hydrogen-bond acceptors (Lipinski definition) is 3. The second kappa shape index (κ2) is 10.2. The Morgan fingerprint density at radius 1 is 1.05 bits per heavy atom. The molecule has 5 heteroatoms. The zero-order valence-electron chi connectivity index (χ0n) is 12.4. The summed E-state index contributed by atoms with van der Waals surface area (Å²) in [4.78, 5) is 6.41. The van der Waals surface area contributed by atoms with Crippen LogP contribution in [0.1, 0.15) is 13.8 Å². The molecule has 1 aromatic carbocycles. The summed E-state index contributed by atoms with van der Waals surface area (Å²) in [5.74, 6) is 0.496. The van der Waals surface area contributed by atoms with Gasteiger partial charge in [0.05, 0.1) is 18.9 Å². The Bertz CT molecular complexity index is 372. The third-order valence-corrected chi connectivity index (χ3v) is 2.74. The van der Waals surface area contributed by atoms with Gasteiger partial charge in [-0.2, -0.15) is 0 Å². The van der Waals surface area contributed by atoms with E-state index in [-0.39, 0.29) is 0 Å². The summed E-state index contributed by atoms with van der Waals surface area (Å²) in [6, 6.07) is 9.69. The smallest absolute Gasteiger partial charge is 0.196 e. The maximum atomic E-state index is 6.08. The van der Waals surface area contributed by atoms with E-state index in [1.807, 2.05) is 49.1 Å². The quantitative estimate of drug-likeness (QED) is 0.427. The molecule has 0 amide bonds. The van der Waals surface area contributed by atoms with E-state index in [4.69, 9.17) is 15.2 Å². The molecule has 0 aromatic heterocycles. The first kappa shape index (κ1) is 16.5. The average molecular weight is 279 g/mol. The number of nitrogens with two attached hydrogens (primary N) is 1. The summed E-state index contributed by atoms with van der Waals surface area (Å²) in [5, 5.41) is 0. The molecule has 0 saturated carbocycles. The molecular weight excluding hydrogens is 254 g/mol. The van der Waals surface area contributed by atoms with Gasteiger partial charge in [-0.25, -0.2) is 4.99 Å². The van der Waals surface area contributed by atoms with Crippen molar-refractivity contribution in [3.05, 3.63) is 30.3 Å². The minimum absolute atomic E-state index is 0.496. The molecule has 1 aromatic rings. The highest BCUT2D eigenvalue weighted by molar-refractivity contribution is 5.81.